The highest BCUT2D eigenvalue weighted by molar-refractivity contribution is 5.78. The molecule has 1 heterocycles. The first-order valence-electron chi connectivity index (χ1n) is 7.47. The van der Waals surface area contributed by atoms with Gasteiger partial charge in [0.15, 0.2) is 0 Å². The predicted octanol–water partition coefficient (Wildman–Crippen LogP) is 0.686. The van der Waals surface area contributed by atoms with Crippen molar-refractivity contribution in [3.05, 3.63) is 0 Å². The first-order valence-corrected chi connectivity index (χ1v) is 7.47. The fourth-order valence-electron chi connectivity index (χ4n) is 2.42. The number of likely N-dealkylation sites (tertiary alicyclic amines) is 1. The van der Waals surface area contributed by atoms with E-state index in [4.69, 9.17) is 10.5 Å². The van der Waals surface area contributed by atoms with Gasteiger partial charge >= 0.3 is 0 Å². The molecule has 1 fully saturated rings. The lowest BCUT2D eigenvalue weighted by Gasteiger charge is -2.26. The Kier molecular flexibility index (Phi) is 8.79. The lowest BCUT2D eigenvalue weighted by Crippen LogP contribution is -2.42. The highest BCUT2D eigenvalue weighted by Crippen LogP contribution is 2.10. The molecule has 1 saturated heterocycles. The van der Waals surface area contributed by atoms with Crippen molar-refractivity contribution >= 4 is 5.91 Å². The Morgan fingerprint density at radius 2 is 1.89 bits per heavy atom. The van der Waals surface area contributed by atoms with E-state index in [1.54, 1.807) is 7.11 Å². The Morgan fingerprint density at radius 3 is 2.47 bits per heavy atom. The Bertz CT molecular complexity index is 233. The maximum absolute atomic E-state index is 12.3. The highest BCUT2D eigenvalue weighted by Gasteiger charge is 2.18. The van der Waals surface area contributed by atoms with E-state index in [0.29, 0.717) is 19.7 Å². The maximum Gasteiger partial charge on any atom is 0.236 e. The molecule has 0 unspecified atom stereocenters. The number of carbonyl (C=O) groups excluding carboxylic acids is 1. The lowest BCUT2D eigenvalue weighted by molar-refractivity contribution is -0.132. The van der Waals surface area contributed by atoms with Gasteiger partial charge in [-0.2, -0.15) is 0 Å². The third kappa shape index (κ3) is 6.89. The third-order valence-electron chi connectivity index (χ3n) is 3.61. The molecule has 1 aliphatic rings. The van der Waals surface area contributed by atoms with Gasteiger partial charge < -0.3 is 15.4 Å². The number of rotatable bonds is 8. The Labute approximate surface area is 117 Å². The van der Waals surface area contributed by atoms with Gasteiger partial charge in [0.25, 0.3) is 0 Å². The number of hydrogen-bond donors (Lipinski definition) is 1. The molecule has 0 aromatic rings. The summed E-state index contributed by atoms with van der Waals surface area (Å²) in [7, 11) is 1.69. The van der Waals surface area contributed by atoms with E-state index in [1.807, 2.05) is 4.90 Å². The van der Waals surface area contributed by atoms with Crippen LogP contribution in [-0.2, 0) is 9.53 Å². The van der Waals surface area contributed by atoms with Crippen LogP contribution in [-0.4, -0.2) is 68.7 Å². The van der Waals surface area contributed by atoms with Gasteiger partial charge in [-0.3, -0.25) is 9.69 Å². The topological polar surface area (TPSA) is 58.8 Å². The van der Waals surface area contributed by atoms with Gasteiger partial charge in [0, 0.05) is 26.7 Å². The molecule has 5 nitrogen and oxygen atoms in total. The van der Waals surface area contributed by atoms with E-state index in [-0.39, 0.29) is 5.91 Å². The predicted molar refractivity (Wildman–Crippen MR) is 77.0 cm³/mol. The molecule has 112 valence electrons. The highest BCUT2D eigenvalue weighted by atomic mass is 16.5. The minimum atomic E-state index is 0.259. The molecule has 0 saturated carbocycles. The number of amides is 1. The van der Waals surface area contributed by atoms with Crippen molar-refractivity contribution in [3.63, 3.8) is 0 Å². The molecule has 5 heteroatoms. The van der Waals surface area contributed by atoms with Crippen LogP contribution in [0, 0.1) is 0 Å². The van der Waals surface area contributed by atoms with Crippen LogP contribution in [0.5, 0.6) is 0 Å². The molecule has 0 spiro atoms. The van der Waals surface area contributed by atoms with E-state index in [9.17, 15) is 4.79 Å². The van der Waals surface area contributed by atoms with Crippen molar-refractivity contribution in [2.24, 2.45) is 5.73 Å². The zero-order valence-electron chi connectivity index (χ0n) is 12.3. The normalized spacial score (nSPS) is 16.7. The summed E-state index contributed by atoms with van der Waals surface area (Å²) in [5, 5.41) is 0. The molecule has 0 aromatic heterocycles. The summed E-state index contributed by atoms with van der Waals surface area (Å²) in [4.78, 5) is 16.5. The van der Waals surface area contributed by atoms with E-state index < -0.39 is 0 Å². The van der Waals surface area contributed by atoms with Gasteiger partial charge in [-0.15, -0.1) is 0 Å². The van der Waals surface area contributed by atoms with Crippen LogP contribution < -0.4 is 5.73 Å². The fraction of sp³-hybridized carbons (Fsp3) is 0.929. The zero-order chi connectivity index (χ0) is 13.9. The summed E-state index contributed by atoms with van der Waals surface area (Å²) in [6.45, 7) is 5.36. The van der Waals surface area contributed by atoms with Crippen molar-refractivity contribution in [1.82, 2.24) is 9.80 Å². The molecule has 0 aromatic carbocycles. The SMILES string of the molecule is COCCN(CCCN)CC(=O)N1CCCCCC1. The summed E-state index contributed by atoms with van der Waals surface area (Å²) in [5.74, 6) is 0.259. The van der Waals surface area contributed by atoms with Crippen LogP contribution in [0.25, 0.3) is 0 Å². The zero-order valence-corrected chi connectivity index (χ0v) is 12.3. The van der Waals surface area contributed by atoms with Crippen molar-refractivity contribution < 1.29 is 9.53 Å². The van der Waals surface area contributed by atoms with Gasteiger partial charge in [0.2, 0.25) is 5.91 Å². The third-order valence-corrected chi connectivity index (χ3v) is 3.61. The molecule has 1 amide bonds. The Hall–Kier alpha value is -0.650. The van der Waals surface area contributed by atoms with Crippen LogP contribution in [0.2, 0.25) is 0 Å². The monoisotopic (exact) mass is 271 g/mol. The number of hydrogen-bond acceptors (Lipinski definition) is 4. The minimum absolute atomic E-state index is 0.259. The Balaban J connectivity index is 2.38. The van der Waals surface area contributed by atoms with Gasteiger partial charge in [-0.25, -0.2) is 0 Å². The molecular weight excluding hydrogens is 242 g/mol. The number of nitrogens with zero attached hydrogens (tertiary/aromatic N) is 2. The van der Waals surface area contributed by atoms with Crippen molar-refractivity contribution in [2.75, 3.05) is 53.0 Å². The van der Waals surface area contributed by atoms with Gasteiger partial charge in [0.1, 0.15) is 0 Å². The van der Waals surface area contributed by atoms with Crippen LogP contribution in [0.3, 0.4) is 0 Å². The summed E-state index contributed by atoms with van der Waals surface area (Å²) < 4.78 is 5.10. The average Bonchev–Trinajstić information content (AvgIpc) is 2.70. The molecule has 2 N–H and O–H groups in total. The summed E-state index contributed by atoms with van der Waals surface area (Å²) in [6.07, 6.45) is 5.73. The standard InChI is InChI=1S/C14H29N3O2/c1-19-12-11-16(8-6-7-15)13-14(18)17-9-4-2-3-5-10-17/h2-13,15H2,1H3. The summed E-state index contributed by atoms with van der Waals surface area (Å²) in [6, 6.07) is 0. The molecular formula is C14H29N3O2. The summed E-state index contributed by atoms with van der Waals surface area (Å²) in [5.41, 5.74) is 5.55. The minimum Gasteiger partial charge on any atom is -0.383 e. The quantitative estimate of drug-likeness (QED) is 0.705. The maximum atomic E-state index is 12.3. The van der Waals surface area contributed by atoms with Crippen molar-refractivity contribution in [1.29, 1.82) is 0 Å². The molecule has 19 heavy (non-hydrogen) atoms. The first-order chi connectivity index (χ1) is 9.27. The molecule has 0 radical (unpaired) electrons. The summed E-state index contributed by atoms with van der Waals surface area (Å²) >= 11 is 0. The van der Waals surface area contributed by atoms with Crippen LogP contribution in [0.4, 0.5) is 0 Å². The van der Waals surface area contributed by atoms with Crippen LogP contribution in [0.15, 0.2) is 0 Å². The second-order valence-electron chi connectivity index (χ2n) is 5.21. The molecule has 1 aliphatic heterocycles. The second-order valence-corrected chi connectivity index (χ2v) is 5.21. The Morgan fingerprint density at radius 1 is 1.21 bits per heavy atom. The molecule has 1 rings (SSSR count). The number of methoxy groups -OCH3 is 1. The fourth-order valence-corrected chi connectivity index (χ4v) is 2.42. The van der Waals surface area contributed by atoms with Crippen LogP contribution in [0.1, 0.15) is 32.1 Å². The molecule has 0 bridgehead atoms. The molecule has 0 aliphatic carbocycles. The van der Waals surface area contributed by atoms with Gasteiger partial charge in [-0.1, -0.05) is 12.8 Å². The number of carbonyl (C=O) groups is 1. The van der Waals surface area contributed by atoms with Gasteiger partial charge in [-0.05, 0) is 32.4 Å². The first kappa shape index (κ1) is 16.4. The van der Waals surface area contributed by atoms with E-state index in [0.717, 1.165) is 45.4 Å². The number of nitrogens with two attached hydrogens (primary N) is 1. The van der Waals surface area contributed by atoms with E-state index >= 15 is 0 Å². The van der Waals surface area contributed by atoms with Crippen LogP contribution >= 0.6 is 0 Å². The van der Waals surface area contributed by atoms with Gasteiger partial charge in [0.05, 0.1) is 13.2 Å². The lowest BCUT2D eigenvalue weighted by atomic mass is 10.2. The van der Waals surface area contributed by atoms with E-state index in [2.05, 4.69) is 4.90 Å². The smallest absolute Gasteiger partial charge is 0.236 e. The second kappa shape index (κ2) is 10.2. The van der Waals surface area contributed by atoms with E-state index in [1.165, 1.54) is 12.8 Å². The van der Waals surface area contributed by atoms with Crippen molar-refractivity contribution in [2.45, 2.75) is 32.1 Å². The number of ether oxygens (including phenoxy) is 1. The largest absolute Gasteiger partial charge is 0.383 e. The average molecular weight is 271 g/mol. The molecule has 0 atom stereocenters. The van der Waals surface area contributed by atoms with Crippen molar-refractivity contribution in [3.8, 4) is 0 Å².